The summed E-state index contributed by atoms with van der Waals surface area (Å²) in [4.78, 5) is 16.5. The van der Waals surface area contributed by atoms with Gasteiger partial charge in [0.1, 0.15) is 0 Å². The Balaban J connectivity index is 1.54. The Hall–Kier alpha value is -1.97. The SMILES string of the molecule is C=CCNc1nnc(SCC(=O)Nc2nc3ccc(C)cc3s2)s1. The molecule has 2 heterocycles. The van der Waals surface area contributed by atoms with Gasteiger partial charge in [-0.2, -0.15) is 0 Å². The molecule has 6 nitrogen and oxygen atoms in total. The number of aryl methyl sites for hydroxylation is 1. The smallest absolute Gasteiger partial charge is 0.236 e. The number of nitrogens with one attached hydrogen (secondary N) is 2. The van der Waals surface area contributed by atoms with Crippen LogP contribution in [0.15, 0.2) is 35.2 Å². The molecule has 0 atom stereocenters. The van der Waals surface area contributed by atoms with Gasteiger partial charge in [-0.3, -0.25) is 4.79 Å². The van der Waals surface area contributed by atoms with E-state index in [9.17, 15) is 4.79 Å². The van der Waals surface area contributed by atoms with Crippen molar-refractivity contribution in [2.75, 3.05) is 22.9 Å². The second kappa shape index (κ2) is 7.73. The molecule has 24 heavy (non-hydrogen) atoms. The van der Waals surface area contributed by atoms with E-state index in [-0.39, 0.29) is 11.7 Å². The molecule has 0 aliphatic carbocycles. The number of nitrogens with zero attached hydrogens (tertiary/aromatic N) is 3. The van der Waals surface area contributed by atoms with Crippen LogP contribution in [0.25, 0.3) is 10.2 Å². The lowest BCUT2D eigenvalue weighted by molar-refractivity contribution is -0.113. The summed E-state index contributed by atoms with van der Waals surface area (Å²) in [6.07, 6.45) is 1.75. The van der Waals surface area contributed by atoms with E-state index in [0.29, 0.717) is 11.7 Å². The molecule has 0 spiro atoms. The number of thiazole rings is 1. The van der Waals surface area contributed by atoms with E-state index >= 15 is 0 Å². The van der Waals surface area contributed by atoms with Crippen molar-refractivity contribution >= 4 is 60.8 Å². The quantitative estimate of drug-likeness (QED) is 0.482. The first-order valence-corrected chi connectivity index (χ1v) is 9.74. The fourth-order valence-corrected chi connectivity index (χ4v) is 4.41. The van der Waals surface area contributed by atoms with Crippen LogP contribution in [0.1, 0.15) is 5.56 Å². The zero-order valence-electron chi connectivity index (χ0n) is 12.9. The van der Waals surface area contributed by atoms with E-state index in [2.05, 4.69) is 38.5 Å². The summed E-state index contributed by atoms with van der Waals surface area (Å²) < 4.78 is 1.82. The first-order valence-electron chi connectivity index (χ1n) is 7.12. The molecular weight excluding hydrogens is 362 g/mol. The zero-order valence-corrected chi connectivity index (χ0v) is 15.4. The van der Waals surface area contributed by atoms with Crippen LogP contribution < -0.4 is 10.6 Å². The van der Waals surface area contributed by atoms with E-state index in [0.717, 1.165) is 19.7 Å². The number of rotatable bonds is 7. The number of benzene rings is 1. The summed E-state index contributed by atoms with van der Waals surface area (Å²) in [5.41, 5.74) is 2.08. The number of amides is 1. The molecule has 0 bridgehead atoms. The number of hydrogen-bond acceptors (Lipinski definition) is 8. The van der Waals surface area contributed by atoms with Gasteiger partial charge in [0.25, 0.3) is 0 Å². The first kappa shape index (κ1) is 16.9. The average Bonchev–Trinajstić information content (AvgIpc) is 3.16. The summed E-state index contributed by atoms with van der Waals surface area (Å²) >= 11 is 4.25. The molecule has 124 valence electrons. The molecule has 2 N–H and O–H groups in total. The van der Waals surface area contributed by atoms with E-state index < -0.39 is 0 Å². The van der Waals surface area contributed by atoms with Gasteiger partial charge in [-0.25, -0.2) is 4.98 Å². The fraction of sp³-hybridized carbons (Fsp3) is 0.200. The predicted octanol–water partition coefficient (Wildman–Crippen LogP) is 3.78. The molecule has 0 unspecified atom stereocenters. The first-order chi connectivity index (χ1) is 11.6. The monoisotopic (exact) mass is 377 g/mol. The Morgan fingerprint density at radius 2 is 2.21 bits per heavy atom. The highest BCUT2D eigenvalue weighted by atomic mass is 32.2. The maximum Gasteiger partial charge on any atom is 0.236 e. The molecule has 1 amide bonds. The fourth-order valence-electron chi connectivity index (χ4n) is 1.87. The van der Waals surface area contributed by atoms with Crippen LogP contribution in [0.5, 0.6) is 0 Å². The minimum Gasteiger partial charge on any atom is -0.357 e. The van der Waals surface area contributed by atoms with Crippen LogP contribution in [0.2, 0.25) is 0 Å². The number of fused-ring (bicyclic) bond motifs is 1. The van der Waals surface area contributed by atoms with Gasteiger partial charge >= 0.3 is 0 Å². The van der Waals surface area contributed by atoms with E-state index in [1.165, 1.54) is 40.0 Å². The van der Waals surface area contributed by atoms with Gasteiger partial charge in [0.15, 0.2) is 9.47 Å². The van der Waals surface area contributed by atoms with E-state index in [4.69, 9.17) is 0 Å². The van der Waals surface area contributed by atoms with Crippen molar-refractivity contribution in [1.29, 1.82) is 0 Å². The summed E-state index contributed by atoms with van der Waals surface area (Å²) in [6.45, 7) is 6.31. The Labute approximate surface area is 151 Å². The molecule has 3 rings (SSSR count). The van der Waals surface area contributed by atoms with E-state index in [1.807, 2.05) is 19.1 Å². The molecular formula is C15H15N5OS3. The lowest BCUT2D eigenvalue weighted by Gasteiger charge is -1.98. The molecule has 1 aromatic carbocycles. The number of thioether (sulfide) groups is 1. The average molecular weight is 378 g/mol. The number of carbonyl (C=O) groups is 1. The molecule has 0 fully saturated rings. The van der Waals surface area contributed by atoms with Crippen LogP contribution in [-0.2, 0) is 4.79 Å². The molecule has 0 saturated heterocycles. The van der Waals surface area contributed by atoms with Crippen molar-refractivity contribution < 1.29 is 4.79 Å². The number of anilines is 2. The van der Waals surface area contributed by atoms with Crippen LogP contribution in [0.3, 0.4) is 0 Å². The van der Waals surface area contributed by atoms with Crippen LogP contribution >= 0.6 is 34.4 Å². The Kier molecular flexibility index (Phi) is 5.44. The number of aromatic nitrogens is 3. The molecule has 0 aliphatic rings. The third-order valence-corrected chi connectivity index (χ3v) is 5.87. The molecule has 2 aromatic heterocycles. The zero-order chi connectivity index (χ0) is 16.9. The normalized spacial score (nSPS) is 10.7. The predicted molar refractivity (Wildman–Crippen MR) is 102 cm³/mol. The maximum atomic E-state index is 12.1. The van der Waals surface area contributed by atoms with E-state index in [1.54, 1.807) is 6.08 Å². The summed E-state index contributed by atoms with van der Waals surface area (Å²) in [5.74, 6) is 0.164. The van der Waals surface area contributed by atoms with Gasteiger partial charge in [-0.15, -0.1) is 16.8 Å². The molecule has 0 aliphatic heterocycles. The third-order valence-electron chi connectivity index (χ3n) is 2.92. The van der Waals surface area contributed by atoms with Crippen LogP contribution in [-0.4, -0.2) is 33.4 Å². The molecule has 3 aromatic rings. The standard InChI is InChI=1S/C15H15N5OS3/c1-3-6-16-13-19-20-15(24-13)22-8-12(21)18-14-17-10-5-4-9(2)7-11(10)23-14/h3-5,7H,1,6,8H2,2H3,(H,16,19)(H,17,18,21). The van der Waals surface area contributed by atoms with Crippen molar-refractivity contribution in [1.82, 2.24) is 15.2 Å². The number of carbonyl (C=O) groups excluding carboxylic acids is 1. The van der Waals surface area contributed by atoms with Crippen molar-refractivity contribution in [3.8, 4) is 0 Å². The topological polar surface area (TPSA) is 79.8 Å². The van der Waals surface area contributed by atoms with Gasteiger partial charge in [0, 0.05) is 6.54 Å². The summed E-state index contributed by atoms with van der Waals surface area (Å²) in [7, 11) is 0. The van der Waals surface area contributed by atoms with Crippen molar-refractivity contribution in [3.05, 3.63) is 36.4 Å². The highest BCUT2D eigenvalue weighted by Gasteiger charge is 2.10. The Morgan fingerprint density at radius 1 is 1.33 bits per heavy atom. The van der Waals surface area contributed by atoms with Gasteiger partial charge in [-0.1, -0.05) is 46.6 Å². The molecule has 9 heteroatoms. The highest BCUT2D eigenvalue weighted by Crippen LogP contribution is 2.28. The maximum absolute atomic E-state index is 12.1. The van der Waals surface area contributed by atoms with Gasteiger partial charge in [0.05, 0.1) is 16.0 Å². The second-order valence-corrected chi connectivity index (χ2v) is 8.10. The van der Waals surface area contributed by atoms with Gasteiger partial charge in [-0.05, 0) is 24.6 Å². The largest absolute Gasteiger partial charge is 0.357 e. The van der Waals surface area contributed by atoms with Crippen molar-refractivity contribution in [2.45, 2.75) is 11.3 Å². The molecule has 0 radical (unpaired) electrons. The van der Waals surface area contributed by atoms with Gasteiger partial charge in [0.2, 0.25) is 11.0 Å². The third kappa shape index (κ3) is 4.31. The number of hydrogen-bond donors (Lipinski definition) is 2. The van der Waals surface area contributed by atoms with Crippen LogP contribution in [0, 0.1) is 6.92 Å². The minimum absolute atomic E-state index is 0.105. The van der Waals surface area contributed by atoms with Crippen LogP contribution in [0.4, 0.5) is 10.3 Å². The van der Waals surface area contributed by atoms with Crippen molar-refractivity contribution in [3.63, 3.8) is 0 Å². The minimum atomic E-state index is -0.105. The van der Waals surface area contributed by atoms with Gasteiger partial charge < -0.3 is 10.6 Å². The Bertz CT molecular complexity index is 873. The highest BCUT2D eigenvalue weighted by molar-refractivity contribution is 8.01. The van der Waals surface area contributed by atoms with Crippen molar-refractivity contribution in [2.24, 2.45) is 0 Å². The Morgan fingerprint density at radius 3 is 3.04 bits per heavy atom. The molecule has 0 saturated carbocycles. The summed E-state index contributed by atoms with van der Waals surface area (Å²) in [6, 6.07) is 6.04. The summed E-state index contributed by atoms with van der Waals surface area (Å²) in [5, 5.41) is 15.3. The second-order valence-electron chi connectivity index (χ2n) is 4.87. The lowest BCUT2D eigenvalue weighted by Crippen LogP contribution is -2.13. The lowest BCUT2D eigenvalue weighted by atomic mass is 10.2.